The molecule has 1 aromatic rings. The first-order valence-electron chi connectivity index (χ1n) is 8.82. The summed E-state index contributed by atoms with van der Waals surface area (Å²) >= 11 is 3.70. The van der Waals surface area contributed by atoms with Gasteiger partial charge in [-0.3, -0.25) is 4.79 Å². The molecule has 0 spiro atoms. The second-order valence-corrected chi connectivity index (χ2v) is 8.97. The molecule has 4 rings (SSSR count). The van der Waals surface area contributed by atoms with E-state index in [0.717, 1.165) is 25.0 Å². The first-order chi connectivity index (χ1) is 11.0. The van der Waals surface area contributed by atoms with Crippen LogP contribution in [0.15, 0.2) is 18.2 Å². The highest BCUT2D eigenvalue weighted by atomic mass is 79.9. The number of Topliss-reactive ketones (excluding diaryl/α,β-unsaturated/α-hetero) is 1. The van der Waals surface area contributed by atoms with Crippen molar-refractivity contribution < 1.29 is 9.53 Å². The summed E-state index contributed by atoms with van der Waals surface area (Å²) in [6.45, 7) is 4.51. The highest BCUT2D eigenvalue weighted by Gasteiger charge is 2.60. The Morgan fingerprint density at radius 2 is 2.09 bits per heavy atom. The van der Waals surface area contributed by atoms with Crippen LogP contribution < -0.4 is 4.74 Å². The van der Waals surface area contributed by atoms with E-state index in [1.807, 2.05) is 0 Å². The molecule has 0 aliphatic heterocycles. The van der Waals surface area contributed by atoms with E-state index in [-0.39, 0.29) is 10.2 Å². The zero-order valence-corrected chi connectivity index (χ0v) is 15.7. The number of hydrogen-bond acceptors (Lipinski definition) is 2. The van der Waals surface area contributed by atoms with Gasteiger partial charge in [0.15, 0.2) is 5.78 Å². The monoisotopic (exact) mass is 376 g/mol. The Hall–Kier alpha value is -0.830. The summed E-state index contributed by atoms with van der Waals surface area (Å²) in [5, 5.41) is 0. The normalized spacial score (nSPS) is 41.9. The second kappa shape index (κ2) is 5.34. The van der Waals surface area contributed by atoms with Crippen LogP contribution in [0.4, 0.5) is 0 Å². The number of ketones is 1. The SMILES string of the molecule is COc1ccc2c(c1)CC[C@H]1[C@@H]3[C@H](C)[C@@H](Br)C(=O)[C@@]3(C)CC[C@H]21. The quantitative estimate of drug-likeness (QED) is 0.661. The maximum atomic E-state index is 12.8. The van der Waals surface area contributed by atoms with E-state index in [1.54, 1.807) is 7.11 Å². The van der Waals surface area contributed by atoms with Crippen molar-refractivity contribution in [2.45, 2.75) is 50.3 Å². The number of hydrogen-bond donors (Lipinski definition) is 0. The molecule has 2 nitrogen and oxygen atoms in total. The Morgan fingerprint density at radius 1 is 1.30 bits per heavy atom. The molecule has 1 aromatic carbocycles. The predicted molar refractivity (Wildman–Crippen MR) is 95.3 cm³/mol. The summed E-state index contributed by atoms with van der Waals surface area (Å²) in [7, 11) is 1.74. The third kappa shape index (κ3) is 2.08. The van der Waals surface area contributed by atoms with Gasteiger partial charge < -0.3 is 4.74 Å². The average Bonchev–Trinajstić information content (AvgIpc) is 2.75. The molecule has 0 bridgehead atoms. The topological polar surface area (TPSA) is 26.3 Å². The molecule has 0 aromatic heterocycles. The molecule has 23 heavy (non-hydrogen) atoms. The average molecular weight is 377 g/mol. The number of alkyl halides is 1. The summed E-state index contributed by atoms with van der Waals surface area (Å²) in [6, 6.07) is 6.60. The molecule has 0 radical (unpaired) electrons. The number of benzene rings is 1. The summed E-state index contributed by atoms with van der Waals surface area (Å²) in [4.78, 5) is 12.9. The minimum absolute atomic E-state index is 0.0496. The highest BCUT2D eigenvalue weighted by Crippen LogP contribution is 2.62. The Morgan fingerprint density at radius 3 is 2.83 bits per heavy atom. The first-order valence-corrected chi connectivity index (χ1v) is 9.74. The largest absolute Gasteiger partial charge is 0.497 e. The number of carbonyl (C=O) groups is 1. The summed E-state index contributed by atoms with van der Waals surface area (Å²) in [5.41, 5.74) is 2.86. The molecule has 3 aliphatic carbocycles. The van der Waals surface area contributed by atoms with Gasteiger partial charge in [0.2, 0.25) is 0 Å². The number of methoxy groups -OCH3 is 1. The van der Waals surface area contributed by atoms with E-state index in [9.17, 15) is 4.79 Å². The van der Waals surface area contributed by atoms with E-state index in [2.05, 4.69) is 48.0 Å². The van der Waals surface area contributed by atoms with Crippen LogP contribution in [0.2, 0.25) is 0 Å². The number of ether oxygens (including phenoxy) is 1. The van der Waals surface area contributed by atoms with Gasteiger partial charge in [-0.25, -0.2) is 0 Å². The van der Waals surface area contributed by atoms with Crippen molar-refractivity contribution in [1.29, 1.82) is 0 Å². The summed E-state index contributed by atoms with van der Waals surface area (Å²) < 4.78 is 5.40. The molecule has 2 saturated carbocycles. The van der Waals surface area contributed by atoms with Crippen molar-refractivity contribution >= 4 is 21.7 Å². The van der Waals surface area contributed by atoms with Crippen LogP contribution in [0.3, 0.4) is 0 Å². The van der Waals surface area contributed by atoms with E-state index in [4.69, 9.17) is 4.74 Å². The molecule has 2 fully saturated rings. The highest BCUT2D eigenvalue weighted by molar-refractivity contribution is 9.10. The van der Waals surface area contributed by atoms with Crippen molar-refractivity contribution in [2.24, 2.45) is 23.2 Å². The lowest BCUT2D eigenvalue weighted by molar-refractivity contribution is -0.129. The Labute approximate surface area is 147 Å². The summed E-state index contributed by atoms with van der Waals surface area (Å²) in [6.07, 6.45) is 4.52. The van der Waals surface area contributed by atoms with Crippen LogP contribution in [-0.2, 0) is 11.2 Å². The molecule has 0 amide bonds. The minimum Gasteiger partial charge on any atom is -0.497 e. The predicted octanol–water partition coefficient (Wildman–Crippen LogP) is 4.74. The molecule has 3 aliphatic rings. The molecule has 0 saturated heterocycles. The van der Waals surface area contributed by atoms with Crippen molar-refractivity contribution in [3.8, 4) is 5.75 Å². The molecule has 124 valence electrons. The summed E-state index contributed by atoms with van der Waals surface area (Å²) in [5.74, 6) is 3.65. The fourth-order valence-electron chi connectivity index (χ4n) is 5.93. The van der Waals surface area contributed by atoms with Crippen LogP contribution in [0.5, 0.6) is 5.75 Å². The van der Waals surface area contributed by atoms with Gasteiger partial charge in [-0.15, -0.1) is 0 Å². The second-order valence-electron chi connectivity index (χ2n) is 7.98. The van der Waals surface area contributed by atoms with Gasteiger partial charge in [0, 0.05) is 5.41 Å². The number of rotatable bonds is 1. The lowest BCUT2D eigenvalue weighted by Gasteiger charge is -2.49. The third-order valence-electron chi connectivity index (χ3n) is 7.03. The Balaban J connectivity index is 1.73. The van der Waals surface area contributed by atoms with Crippen molar-refractivity contribution in [2.75, 3.05) is 7.11 Å². The van der Waals surface area contributed by atoms with Crippen LogP contribution in [0, 0.1) is 23.2 Å². The maximum absolute atomic E-state index is 12.8. The van der Waals surface area contributed by atoms with Crippen molar-refractivity contribution in [3.05, 3.63) is 29.3 Å². The number of carbonyl (C=O) groups excluding carboxylic acids is 1. The third-order valence-corrected chi connectivity index (χ3v) is 8.28. The van der Waals surface area contributed by atoms with Crippen LogP contribution in [0.25, 0.3) is 0 Å². The van der Waals surface area contributed by atoms with Crippen molar-refractivity contribution in [1.82, 2.24) is 0 Å². The standard InChI is InChI=1S/C20H25BrO2/c1-11-17-16-6-4-12-10-13(23-3)5-7-14(12)15(16)8-9-20(17,2)19(22)18(11)21/h5,7,10-11,15-18H,4,6,8-9H2,1-3H3/t11-,15+,16+,17-,18+,20-/m0/s1. The van der Waals surface area contributed by atoms with E-state index >= 15 is 0 Å². The minimum atomic E-state index is -0.112. The Kier molecular flexibility index (Phi) is 3.64. The van der Waals surface area contributed by atoms with Gasteiger partial charge in [0.05, 0.1) is 11.9 Å². The van der Waals surface area contributed by atoms with Gasteiger partial charge in [0.25, 0.3) is 0 Å². The van der Waals surface area contributed by atoms with Crippen LogP contribution in [-0.4, -0.2) is 17.7 Å². The molecule has 0 heterocycles. The molecular formula is C20H25BrO2. The zero-order valence-electron chi connectivity index (χ0n) is 14.1. The first kappa shape index (κ1) is 15.7. The van der Waals surface area contributed by atoms with Crippen LogP contribution >= 0.6 is 15.9 Å². The van der Waals surface area contributed by atoms with Gasteiger partial charge in [-0.1, -0.05) is 35.8 Å². The fraction of sp³-hybridized carbons (Fsp3) is 0.650. The van der Waals surface area contributed by atoms with E-state index < -0.39 is 0 Å². The van der Waals surface area contributed by atoms with Gasteiger partial charge >= 0.3 is 0 Å². The molecule has 0 unspecified atom stereocenters. The van der Waals surface area contributed by atoms with Gasteiger partial charge in [-0.05, 0) is 72.6 Å². The molecular weight excluding hydrogens is 352 g/mol. The number of fused-ring (bicyclic) bond motifs is 5. The van der Waals surface area contributed by atoms with Gasteiger partial charge in [0.1, 0.15) is 5.75 Å². The van der Waals surface area contributed by atoms with Crippen molar-refractivity contribution in [3.63, 3.8) is 0 Å². The van der Waals surface area contributed by atoms with Gasteiger partial charge in [-0.2, -0.15) is 0 Å². The van der Waals surface area contributed by atoms with E-state index in [0.29, 0.717) is 29.5 Å². The molecule has 3 heteroatoms. The van der Waals surface area contributed by atoms with Crippen LogP contribution in [0.1, 0.15) is 50.2 Å². The number of aryl methyl sites for hydroxylation is 1. The number of halogens is 1. The maximum Gasteiger partial charge on any atom is 0.152 e. The molecule has 0 N–H and O–H groups in total. The lowest BCUT2D eigenvalue weighted by atomic mass is 9.54. The zero-order chi connectivity index (χ0) is 16.4. The smallest absolute Gasteiger partial charge is 0.152 e. The lowest BCUT2D eigenvalue weighted by Crippen LogP contribution is -2.43. The molecule has 6 atom stereocenters. The fourth-order valence-corrected chi connectivity index (χ4v) is 6.78. The Bertz CT molecular complexity index is 655. The van der Waals surface area contributed by atoms with E-state index in [1.165, 1.54) is 17.5 Å².